The third-order valence-electron chi connectivity index (χ3n) is 5.10. The average molecular weight is 464 g/mol. The lowest BCUT2D eigenvalue weighted by Crippen LogP contribution is -2.32. The van der Waals surface area contributed by atoms with E-state index < -0.39 is 21.8 Å². The van der Waals surface area contributed by atoms with Crippen molar-refractivity contribution in [2.45, 2.75) is 31.8 Å². The molecule has 2 heterocycles. The molecule has 2 atom stereocenters. The van der Waals surface area contributed by atoms with E-state index in [9.17, 15) is 13.2 Å². The number of methoxy groups -OCH3 is 1. The molecule has 1 aliphatic heterocycles. The second-order valence-electron chi connectivity index (χ2n) is 7.54. The predicted octanol–water partition coefficient (Wildman–Crippen LogP) is 3.76. The van der Waals surface area contributed by atoms with Crippen molar-refractivity contribution >= 4 is 33.2 Å². The van der Waals surface area contributed by atoms with Crippen molar-refractivity contribution in [3.05, 3.63) is 64.2 Å². The number of nitrogens with one attached hydrogen (secondary N) is 1. The monoisotopic (exact) mass is 463 g/mol. The molecule has 0 saturated carbocycles. The van der Waals surface area contributed by atoms with Gasteiger partial charge in [-0.05, 0) is 31.4 Å². The fraction of sp³-hybridized carbons (Fsp3) is 0.364. The van der Waals surface area contributed by atoms with Gasteiger partial charge >= 0.3 is 0 Å². The van der Waals surface area contributed by atoms with E-state index in [0.717, 1.165) is 41.6 Å². The fourth-order valence-corrected chi connectivity index (χ4v) is 4.41. The number of hydrogen-bond donors (Lipinski definition) is 1. The second-order valence-corrected chi connectivity index (χ2v) is 9.87. The predicted molar refractivity (Wildman–Crippen MR) is 122 cm³/mol. The Labute approximate surface area is 188 Å². The molecule has 7 nitrogen and oxygen atoms in total. The minimum atomic E-state index is -3.26. The quantitative estimate of drug-likeness (QED) is 0.672. The van der Waals surface area contributed by atoms with Gasteiger partial charge in [-0.2, -0.15) is 0 Å². The Kier molecular flexibility index (Phi) is 7.23. The van der Waals surface area contributed by atoms with Crippen molar-refractivity contribution in [2.75, 3.05) is 24.8 Å². The second kappa shape index (κ2) is 9.70. The van der Waals surface area contributed by atoms with Gasteiger partial charge in [0, 0.05) is 41.5 Å². The highest BCUT2D eigenvalue weighted by atomic mass is 35.5. The van der Waals surface area contributed by atoms with Crippen molar-refractivity contribution in [1.29, 1.82) is 0 Å². The summed E-state index contributed by atoms with van der Waals surface area (Å²) < 4.78 is 28.0. The summed E-state index contributed by atoms with van der Waals surface area (Å²) in [4.78, 5) is 19.4. The number of nitrogens with zero attached hydrogens (tertiary/aromatic N) is 2. The first-order chi connectivity index (χ1) is 14.7. The van der Waals surface area contributed by atoms with Crippen LogP contribution in [0.1, 0.15) is 41.7 Å². The van der Waals surface area contributed by atoms with Crippen molar-refractivity contribution in [3.8, 4) is 5.75 Å². The molecule has 1 aromatic heterocycles. The molecule has 0 spiro atoms. The highest BCUT2D eigenvalue weighted by Gasteiger charge is 2.29. The van der Waals surface area contributed by atoms with Gasteiger partial charge in [0.1, 0.15) is 11.6 Å². The maximum absolute atomic E-state index is 12.7. The van der Waals surface area contributed by atoms with Crippen molar-refractivity contribution in [1.82, 2.24) is 10.3 Å². The standard InChI is InChI=1S/C22H26ClN3O4S/c1-15(10-12-31(3,28)29)25-22(27)17-14-24-21(13-20(17)30-2)26-11-6-9-19(26)16-7-4-5-8-18(16)23/h4-5,7-8,10,12-15,19H,6,9,11H2,1-3H3,(H,25,27)/b12-10+/t15-,19+/m1/s1. The topological polar surface area (TPSA) is 88.6 Å². The Morgan fingerprint density at radius 1 is 1.39 bits per heavy atom. The first-order valence-corrected chi connectivity index (χ1v) is 12.3. The molecule has 3 rings (SSSR count). The Balaban J connectivity index is 1.82. The van der Waals surface area contributed by atoms with Gasteiger partial charge in [0.2, 0.25) is 0 Å². The lowest BCUT2D eigenvalue weighted by molar-refractivity contribution is 0.0943. The van der Waals surface area contributed by atoms with Crippen LogP contribution in [0.3, 0.4) is 0 Å². The van der Waals surface area contributed by atoms with Gasteiger partial charge in [-0.1, -0.05) is 35.9 Å². The SMILES string of the molecule is COc1cc(N2CCC[C@H]2c2ccccc2Cl)ncc1C(=O)N[C@H](C)/C=C/S(C)(=O)=O. The third-order valence-corrected chi connectivity index (χ3v) is 6.10. The minimum Gasteiger partial charge on any atom is -0.496 e. The van der Waals surface area contributed by atoms with Crippen LogP contribution in [0.5, 0.6) is 5.75 Å². The van der Waals surface area contributed by atoms with E-state index in [4.69, 9.17) is 16.3 Å². The van der Waals surface area contributed by atoms with Gasteiger partial charge in [-0.3, -0.25) is 4.79 Å². The molecule has 0 bridgehead atoms. The van der Waals surface area contributed by atoms with Crippen LogP contribution >= 0.6 is 11.6 Å². The molecular weight excluding hydrogens is 438 g/mol. The number of aromatic nitrogens is 1. The number of pyridine rings is 1. The Morgan fingerprint density at radius 3 is 2.81 bits per heavy atom. The van der Waals surface area contributed by atoms with Crippen molar-refractivity contribution in [2.24, 2.45) is 0 Å². The van der Waals surface area contributed by atoms with Gasteiger partial charge in [-0.15, -0.1) is 0 Å². The first-order valence-electron chi connectivity index (χ1n) is 9.94. The molecule has 1 aliphatic rings. The molecule has 166 valence electrons. The maximum atomic E-state index is 12.7. The van der Waals surface area contributed by atoms with Gasteiger partial charge < -0.3 is 15.0 Å². The van der Waals surface area contributed by atoms with Gasteiger partial charge in [0.05, 0.1) is 18.7 Å². The van der Waals surface area contributed by atoms with E-state index in [1.807, 2.05) is 24.3 Å². The molecule has 1 aromatic carbocycles. The molecular formula is C22H26ClN3O4S. The Hall–Kier alpha value is -2.58. The summed E-state index contributed by atoms with van der Waals surface area (Å²) >= 11 is 6.42. The summed E-state index contributed by atoms with van der Waals surface area (Å²) in [6.45, 7) is 2.51. The number of halogens is 1. The summed E-state index contributed by atoms with van der Waals surface area (Å²) in [6.07, 6.45) is 5.96. The molecule has 0 unspecified atom stereocenters. The number of ether oxygens (including phenoxy) is 1. The number of amides is 1. The average Bonchev–Trinajstić information content (AvgIpc) is 3.21. The number of anilines is 1. The summed E-state index contributed by atoms with van der Waals surface area (Å²) in [5.74, 6) is 0.707. The summed E-state index contributed by atoms with van der Waals surface area (Å²) in [6, 6.07) is 9.16. The van der Waals surface area contributed by atoms with E-state index in [1.54, 1.807) is 13.0 Å². The van der Waals surface area contributed by atoms with Gasteiger partial charge in [0.15, 0.2) is 9.84 Å². The molecule has 1 saturated heterocycles. The zero-order valence-electron chi connectivity index (χ0n) is 17.7. The van der Waals surface area contributed by atoms with E-state index in [0.29, 0.717) is 11.6 Å². The van der Waals surface area contributed by atoms with E-state index in [1.165, 1.54) is 19.4 Å². The summed E-state index contributed by atoms with van der Waals surface area (Å²) in [5, 5.41) is 4.52. The smallest absolute Gasteiger partial charge is 0.257 e. The van der Waals surface area contributed by atoms with Crippen LogP contribution in [0, 0.1) is 0 Å². The van der Waals surface area contributed by atoms with Gasteiger partial charge in [0.25, 0.3) is 5.91 Å². The molecule has 9 heteroatoms. The van der Waals surface area contributed by atoms with Crippen LogP contribution in [0.2, 0.25) is 5.02 Å². The Morgan fingerprint density at radius 2 is 2.13 bits per heavy atom. The lowest BCUT2D eigenvalue weighted by Gasteiger charge is -2.27. The number of sulfone groups is 1. The molecule has 1 N–H and O–H groups in total. The highest BCUT2D eigenvalue weighted by molar-refractivity contribution is 7.93. The highest BCUT2D eigenvalue weighted by Crippen LogP contribution is 2.39. The van der Waals surface area contributed by atoms with E-state index in [-0.39, 0.29) is 11.6 Å². The number of rotatable bonds is 7. The van der Waals surface area contributed by atoms with Crippen molar-refractivity contribution in [3.63, 3.8) is 0 Å². The van der Waals surface area contributed by atoms with E-state index >= 15 is 0 Å². The van der Waals surface area contributed by atoms with Crippen LogP contribution in [-0.4, -0.2) is 45.3 Å². The maximum Gasteiger partial charge on any atom is 0.257 e. The normalized spacial score (nSPS) is 17.7. The first kappa shape index (κ1) is 23.1. The number of carbonyl (C=O) groups is 1. The summed E-state index contributed by atoms with van der Waals surface area (Å²) in [7, 11) is -1.76. The largest absolute Gasteiger partial charge is 0.496 e. The van der Waals surface area contributed by atoms with Crippen LogP contribution in [-0.2, 0) is 9.84 Å². The van der Waals surface area contributed by atoms with Crippen LogP contribution < -0.4 is 15.0 Å². The minimum absolute atomic E-state index is 0.103. The third kappa shape index (κ3) is 5.77. The van der Waals surface area contributed by atoms with Crippen molar-refractivity contribution < 1.29 is 17.9 Å². The van der Waals surface area contributed by atoms with E-state index in [2.05, 4.69) is 15.2 Å². The molecule has 1 fully saturated rings. The fourth-order valence-electron chi connectivity index (χ4n) is 3.63. The molecule has 0 aliphatic carbocycles. The molecule has 0 radical (unpaired) electrons. The van der Waals surface area contributed by atoms with Crippen LogP contribution in [0.25, 0.3) is 0 Å². The number of benzene rings is 1. The summed E-state index contributed by atoms with van der Waals surface area (Å²) in [5.41, 5.74) is 1.33. The molecule has 31 heavy (non-hydrogen) atoms. The number of hydrogen-bond acceptors (Lipinski definition) is 6. The zero-order chi connectivity index (χ0) is 22.6. The van der Waals surface area contributed by atoms with Crippen LogP contribution in [0.4, 0.5) is 5.82 Å². The molecule has 2 aromatic rings. The zero-order valence-corrected chi connectivity index (χ0v) is 19.3. The van der Waals surface area contributed by atoms with Gasteiger partial charge in [-0.25, -0.2) is 13.4 Å². The number of carbonyl (C=O) groups excluding carboxylic acids is 1. The molecule has 1 amide bonds. The Bertz CT molecular complexity index is 1090. The lowest BCUT2D eigenvalue weighted by atomic mass is 10.0. The van der Waals surface area contributed by atoms with Crippen LogP contribution in [0.15, 0.2) is 48.0 Å².